The topological polar surface area (TPSA) is 54.8 Å². The lowest BCUT2D eigenvalue weighted by Crippen LogP contribution is -2.50. The third-order valence-corrected chi connectivity index (χ3v) is 4.16. The molecule has 2 amide bonds. The molecule has 6 nitrogen and oxygen atoms in total. The maximum absolute atomic E-state index is 13.7. The van der Waals surface area contributed by atoms with Gasteiger partial charge in [-0.15, -0.1) is 0 Å². The van der Waals surface area contributed by atoms with Crippen molar-refractivity contribution < 1.29 is 18.7 Å². The molecular weight excluding hydrogens is 325 g/mol. The molecule has 0 atom stereocenters. The van der Waals surface area contributed by atoms with E-state index in [1.807, 2.05) is 24.5 Å². The molecule has 1 aliphatic heterocycles. The van der Waals surface area contributed by atoms with Gasteiger partial charge >= 0.3 is 6.09 Å². The van der Waals surface area contributed by atoms with Gasteiger partial charge in [0.2, 0.25) is 0 Å². The van der Waals surface area contributed by atoms with Crippen LogP contribution in [-0.2, 0) is 4.74 Å². The summed E-state index contributed by atoms with van der Waals surface area (Å²) in [7, 11) is 0. The zero-order chi connectivity index (χ0) is 17.8. The molecule has 1 aliphatic rings. The van der Waals surface area contributed by atoms with Gasteiger partial charge in [-0.25, -0.2) is 9.18 Å². The number of nitrogens with zero attached hydrogens (tertiary/aromatic N) is 3. The first-order chi connectivity index (χ1) is 12.1. The third kappa shape index (κ3) is 3.65. The SMILES string of the molecule is CCOC(=O)N1CCN(C(=O)c2cc(F)ccc2-n2cccc2)CC1. The molecule has 2 aromatic rings. The number of piperazine rings is 1. The van der Waals surface area contributed by atoms with E-state index in [2.05, 4.69) is 0 Å². The second kappa shape index (κ2) is 7.38. The number of amides is 2. The molecule has 1 aromatic heterocycles. The minimum absolute atomic E-state index is 0.244. The maximum atomic E-state index is 13.7. The van der Waals surface area contributed by atoms with Crippen molar-refractivity contribution in [1.82, 2.24) is 14.4 Å². The Balaban J connectivity index is 1.76. The zero-order valence-electron chi connectivity index (χ0n) is 14.0. The average molecular weight is 345 g/mol. The molecule has 0 unspecified atom stereocenters. The summed E-state index contributed by atoms with van der Waals surface area (Å²) in [5.41, 5.74) is 0.935. The van der Waals surface area contributed by atoms with E-state index >= 15 is 0 Å². The molecular formula is C18H20FN3O3. The van der Waals surface area contributed by atoms with Gasteiger partial charge in [-0.05, 0) is 37.3 Å². The molecule has 1 saturated heterocycles. The Morgan fingerprint density at radius 2 is 1.72 bits per heavy atom. The quantitative estimate of drug-likeness (QED) is 0.859. The van der Waals surface area contributed by atoms with Crippen LogP contribution in [0.15, 0.2) is 42.7 Å². The van der Waals surface area contributed by atoms with Crippen molar-refractivity contribution in [3.8, 4) is 5.69 Å². The minimum Gasteiger partial charge on any atom is -0.450 e. The summed E-state index contributed by atoms with van der Waals surface area (Å²) >= 11 is 0. The summed E-state index contributed by atoms with van der Waals surface area (Å²) in [5, 5.41) is 0. The molecule has 7 heteroatoms. The van der Waals surface area contributed by atoms with Crippen LogP contribution in [0.3, 0.4) is 0 Å². The predicted molar refractivity (Wildman–Crippen MR) is 90.2 cm³/mol. The van der Waals surface area contributed by atoms with Crippen LogP contribution in [0.5, 0.6) is 0 Å². The van der Waals surface area contributed by atoms with Crippen LogP contribution in [0.1, 0.15) is 17.3 Å². The van der Waals surface area contributed by atoms with Crippen LogP contribution in [0, 0.1) is 5.82 Å². The number of halogens is 1. The van der Waals surface area contributed by atoms with E-state index in [-0.39, 0.29) is 12.0 Å². The Labute approximate surface area is 145 Å². The molecule has 0 aliphatic carbocycles. The highest BCUT2D eigenvalue weighted by Crippen LogP contribution is 2.19. The largest absolute Gasteiger partial charge is 0.450 e. The smallest absolute Gasteiger partial charge is 0.409 e. The molecule has 1 fully saturated rings. The van der Waals surface area contributed by atoms with E-state index in [0.29, 0.717) is 44.0 Å². The molecule has 0 N–H and O–H groups in total. The van der Waals surface area contributed by atoms with Crippen LogP contribution in [0.2, 0.25) is 0 Å². The highest BCUT2D eigenvalue weighted by molar-refractivity contribution is 5.98. The lowest BCUT2D eigenvalue weighted by molar-refractivity contribution is 0.0570. The van der Waals surface area contributed by atoms with Crippen molar-refractivity contribution in [2.45, 2.75) is 6.92 Å². The predicted octanol–water partition coefficient (Wildman–Crippen LogP) is 2.53. The Morgan fingerprint density at radius 1 is 1.08 bits per heavy atom. The first kappa shape index (κ1) is 17.0. The van der Waals surface area contributed by atoms with Crippen molar-refractivity contribution in [3.63, 3.8) is 0 Å². The molecule has 3 rings (SSSR count). The lowest BCUT2D eigenvalue weighted by Gasteiger charge is -2.34. The van der Waals surface area contributed by atoms with Crippen molar-refractivity contribution in [1.29, 1.82) is 0 Å². The fourth-order valence-corrected chi connectivity index (χ4v) is 2.88. The van der Waals surface area contributed by atoms with Crippen molar-refractivity contribution >= 4 is 12.0 Å². The van der Waals surface area contributed by atoms with E-state index < -0.39 is 5.82 Å². The fraction of sp³-hybridized carbons (Fsp3) is 0.333. The number of rotatable bonds is 3. The Kier molecular flexibility index (Phi) is 5.02. The Morgan fingerprint density at radius 3 is 2.36 bits per heavy atom. The molecule has 0 saturated carbocycles. The number of hydrogen-bond donors (Lipinski definition) is 0. The van der Waals surface area contributed by atoms with Crippen molar-refractivity contribution in [2.24, 2.45) is 0 Å². The molecule has 132 valence electrons. The van der Waals surface area contributed by atoms with Gasteiger partial charge in [0.15, 0.2) is 0 Å². The summed E-state index contributed by atoms with van der Waals surface area (Å²) in [4.78, 5) is 27.8. The minimum atomic E-state index is -0.454. The summed E-state index contributed by atoms with van der Waals surface area (Å²) < 4.78 is 20.5. The summed E-state index contributed by atoms with van der Waals surface area (Å²) in [5.74, 6) is -0.698. The molecule has 2 heterocycles. The standard InChI is InChI=1S/C18H20FN3O3/c1-2-25-18(24)22-11-9-21(10-12-22)17(23)15-13-14(19)5-6-16(15)20-7-3-4-8-20/h3-8,13H,2,9-12H2,1H3. The normalized spacial score (nSPS) is 14.5. The lowest BCUT2D eigenvalue weighted by atomic mass is 10.1. The average Bonchev–Trinajstić information content (AvgIpc) is 3.16. The van der Waals surface area contributed by atoms with E-state index in [0.717, 1.165) is 0 Å². The number of carbonyl (C=O) groups is 2. The van der Waals surface area contributed by atoms with Gasteiger partial charge in [0, 0.05) is 38.6 Å². The van der Waals surface area contributed by atoms with E-state index in [4.69, 9.17) is 4.74 Å². The second-order valence-electron chi connectivity index (χ2n) is 5.73. The zero-order valence-corrected chi connectivity index (χ0v) is 14.0. The van der Waals surface area contributed by atoms with Gasteiger partial charge < -0.3 is 19.1 Å². The van der Waals surface area contributed by atoms with Crippen molar-refractivity contribution in [3.05, 3.63) is 54.1 Å². The van der Waals surface area contributed by atoms with Crippen LogP contribution in [0.4, 0.5) is 9.18 Å². The number of hydrogen-bond acceptors (Lipinski definition) is 3. The van der Waals surface area contributed by atoms with Gasteiger partial charge in [-0.3, -0.25) is 4.79 Å². The Bertz CT molecular complexity index is 753. The third-order valence-electron chi connectivity index (χ3n) is 4.16. The molecule has 0 radical (unpaired) electrons. The van der Waals surface area contributed by atoms with Crippen molar-refractivity contribution in [2.75, 3.05) is 32.8 Å². The first-order valence-electron chi connectivity index (χ1n) is 8.24. The molecule has 0 bridgehead atoms. The van der Waals surface area contributed by atoms with Gasteiger partial charge in [-0.1, -0.05) is 0 Å². The fourth-order valence-electron chi connectivity index (χ4n) is 2.88. The van der Waals surface area contributed by atoms with Gasteiger partial charge in [0.25, 0.3) is 5.91 Å². The Hall–Kier alpha value is -2.83. The van der Waals surface area contributed by atoms with Gasteiger partial charge in [-0.2, -0.15) is 0 Å². The highest BCUT2D eigenvalue weighted by Gasteiger charge is 2.27. The second-order valence-corrected chi connectivity index (χ2v) is 5.73. The van der Waals surface area contributed by atoms with Gasteiger partial charge in [0.05, 0.1) is 17.9 Å². The van der Waals surface area contributed by atoms with Crippen LogP contribution in [-0.4, -0.2) is 59.2 Å². The van der Waals surface area contributed by atoms with Crippen LogP contribution in [0.25, 0.3) is 5.69 Å². The molecule has 1 aromatic carbocycles. The first-order valence-corrected chi connectivity index (χ1v) is 8.24. The number of ether oxygens (including phenoxy) is 1. The monoisotopic (exact) mass is 345 g/mol. The van der Waals surface area contributed by atoms with Gasteiger partial charge in [0.1, 0.15) is 5.82 Å². The van der Waals surface area contributed by atoms with E-state index in [1.54, 1.807) is 27.4 Å². The number of aromatic nitrogens is 1. The van der Waals surface area contributed by atoms with E-state index in [1.165, 1.54) is 12.1 Å². The number of benzene rings is 1. The summed E-state index contributed by atoms with van der Waals surface area (Å²) in [6, 6.07) is 7.88. The molecule has 0 spiro atoms. The highest BCUT2D eigenvalue weighted by atomic mass is 19.1. The molecule has 25 heavy (non-hydrogen) atoms. The van der Waals surface area contributed by atoms with Crippen LogP contribution < -0.4 is 0 Å². The van der Waals surface area contributed by atoms with Crippen LogP contribution >= 0.6 is 0 Å². The summed E-state index contributed by atoms with van der Waals surface area (Å²) in [6.07, 6.45) is 3.25. The summed E-state index contributed by atoms with van der Waals surface area (Å²) in [6.45, 7) is 3.65. The maximum Gasteiger partial charge on any atom is 0.409 e. The van der Waals surface area contributed by atoms with E-state index in [9.17, 15) is 14.0 Å². The number of carbonyl (C=O) groups excluding carboxylic acids is 2.